The second kappa shape index (κ2) is 5.32. The molecule has 0 spiro atoms. The molecule has 0 aliphatic carbocycles. The Morgan fingerprint density at radius 1 is 0.714 bits per heavy atom. The first kappa shape index (κ1) is 13.2. The van der Waals surface area contributed by atoms with Crippen molar-refractivity contribution in [2.75, 3.05) is 5.73 Å². The number of anilines is 1. The van der Waals surface area contributed by atoms with Crippen LogP contribution in [0.25, 0.3) is 22.5 Å². The fraction of sp³-hybridized carbons (Fsp3) is 0. The Labute approximate surface area is 120 Å². The lowest BCUT2D eigenvalue weighted by Gasteiger charge is -2.08. The number of halogens is 2. The highest BCUT2D eigenvalue weighted by molar-refractivity contribution is 5.71. The van der Waals surface area contributed by atoms with Crippen molar-refractivity contribution in [1.29, 1.82) is 0 Å². The maximum Gasteiger partial charge on any atom is 0.132 e. The molecule has 1 aromatic heterocycles. The van der Waals surface area contributed by atoms with E-state index in [4.69, 9.17) is 5.73 Å². The van der Waals surface area contributed by atoms with E-state index < -0.39 is 11.6 Å². The Kier molecular flexibility index (Phi) is 3.36. The van der Waals surface area contributed by atoms with Crippen molar-refractivity contribution in [3.8, 4) is 22.5 Å². The Hall–Kier alpha value is -2.75. The third-order valence-corrected chi connectivity index (χ3v) is 3.15. The van der Waals surface area contributed by atoms with E-state index in [1.54, 1.807) is 48.5 Å². The second-order valence-electron chi connectivity index (χ2n) is 4.63. The Balaban J connectivity index is 2.18. The van der Waals surface area contributed by atoms with Crippen molar-refractivity contribution < 1.29 is 8.78 Å². The number of aromatic nitrogens is 1. The third kappa shape index (κ3) is 2.60. The third-order valence-electron chi connectivity index (χ3n) is 3.15. The summed E-state index contributed by atoms with van der Waals surface area (Å²) in [5.74, 6) is -0.787. The van der Waals surface area contributed by atoms with Crippen LogP contribution in [-0.4, -0.2) is 4.98 Å². The molecule has 21 heavy (non-hydrogen) atoms. The molecule has 0 radical (unpaired) electrons. The molecular weight excluding hydrogens is 270 g/mol. The molecule has 2 aromatic carbocycles. The largest absolute Gasteiger partial charge is 0.399 e. The van der Waals surface area contributed by atoms with Gasteiger partial charge in [-0.15, -0.1) is 0 Å². The Bertz CT molecular complexity index is 737. The van der Waals surface area contributed by atoms with Gasteiger partial charge in [0.25, 0.3) is 0 Å². The summed E-state index contributed by atoms with van der Waals surface area (Å²) in [5.41, 5.74) is 7.69. The first-order chi connectivity index (χ1) is 10.1. The van der Waals surface area contributed by atoms with Crippen molar-refractivity contribution in [1.82, 2.24) is 4.98 Å². The molecule has 0 unspecified atom stereocenters. The molecule has 104 valence electrons. The van der Waals surface area contributed by atoms with E-state index in [1.807, 2.05) is 0 Å². The summed E-state index contributed by atoms with van der Waals surface area (Å²) >= 11 is 0. The standard InChI is InChI=1S/C17H12F2N2/c18-14-7-3-1-5-12(14)16-9-11(20)10-17(21-16)13-6-2-4-8-15(13)19/h1-10H,(H2,20,21). The minimum absolute atomic E-state index is 0.336. The van der Waals surface area contributed by atoms with Crippen molar-refractivity contribution in [2.24, 2.45) is 0 Å². The van der Waals surface area contributed by atoms with Gasteiger partial charge in [0.2, 0.25) is 0 Å². The fourth-order valence-corrected chi connectivity index (χ4v) is 2.17. The van der Waals surface area contributed by atoms with Gasteiger partial charge in [-0.2, -0.15) is 0 Å². The Morgan fingerprint density at radius 3 is 1.57 bits per heavy atom. The molecule has 0 atom stereocenters. The molecule has 0 saturated heterocycles. The number of nitrogen functional groups attached to an aromatic ring is 1. The molecule has 0 fully saturated rings. The van der Waals surface area contributed by atoms with E-state index in [0.717, 1.165) is 0 Å². The summed E-state index contributed by atoms with van der Waals surface area (Å²) in [7, 11) is 0. The minimum atomic E-state index is -0.393. The Morgan fingerprint density at radius 2 is 1.14 bits per heavy atom. The molecule has 3 aromatic rings. The highest BCUT2D eigenvalue weighted by atomic mass is 19.1. The summed E-state index contributed by atoms with van der Waals surface area (Å²) in [4.78, 5) is 4.34. The molecule has 0 aliphatic heterocycles. The first-order valence-corrected chi connectivity index (χ1v) is 6.42. The second-order valence-corrected chi connectivity index (χ2v) is 4.63. The van der Waals surface area contributed by atoms with Crippen LogP contribution in [0.3, 0.4) is 0 Å². The average molecular weight is 282 g/mol. The number of benzene rings is 2. The van der Waals surface area contributed by atoms with Crippen LogP contribution in [0.4, 0.5) is 14.5 Å². The lowest BCUT2D eigenvalue weighted by molar-refractivity contribution is 0.630. The smallest absolute Gasteiger partial charge is 0.132 e. The predicted molar refractivity (Wildman–Crippen MR) is 79.4 cm³/mol. The van der Waals surface area contributed by atoms with Crippen LogP contribution < -0.4 is 5.73 Å². The number of hydrogen-bond donors (Lipinski definition) is 1. The van der Waals surface area contributed by atoms with Crippen molar-refractivity contribution >= 4 is 5.69 Å². The topological polar surface area (TPSA) is 38.9 Å². The van der Waals surface area contributed by atoms with Gasteiger partial charge in [0.15, 0.2) is 0 Å². The van der Waals surface area contributed by atoms with Crippen LogP contribution in [0.5, 0.6) is 0 Å². The average Bonchev–Trinajstić information content (AvgIpc) is 2.47. The predicted octanol–water partition coefficient (Wildman–Crippen LogP) is 4.28. The molecule has 3 rings (SSSR count). The summed E-state index contributed by atoms with van der Waals surface area (Å²) in [6.45, 7) is 0. The first-order valence-electron chi connectivity index (χ1n) is 6.42. The molecule has 2 nitrogen and oxygen atoms in total. The molecule has 0 amide bonds. The lowest BCUT2D eigenvalue weighted by atomic mass is 10.1. The molecule has 2 N–H and O–H groups in total. The van der Waals surface area contributed by atoms with Gasteiger partial charge in [0, 0.05) is 16.8 Å². The summed E-state index contributed by atoms with van der Waals surface area (Å²) < 4.78 is 27.7. The maximum absolute atomic E-state index is 13.9. The number of rotatable bonds is 2. The summed E-state index contributed by atoms with van der Waals surface area (Å²) in [6.07, 6.45) is 0. The number of hydrogen-bond acceptors (Lipinski definition) is 2. The van der Waals surface area contributed by atoms with Gasteiger partial charge in [-0.3, -0.25) is 0 Å². The van der Waals surface area contributed by atoms with E-state index in [-0.39, 0.29) is 0 Å². The normalized spacial score (nSPS) is 10.6. The SMILES string of the molecule is Nc1cc(-c2ccccc2F)nc(-c2ccccc2F)c1. The number of nitrogens with two attached hydrogens (primary N) is 1. The fourth-order valence-electron chi connectivity index (χ4n) is 2.17. The van der Waals surface area contributed by atoms with Crippen LogP contribution in [0.15, 0.2) is 60.7 Å². The van der Waals surface area contributed by atoms with E-state index in [1.165, 1.54) is 12.1 Å². The molecular formula is C17H12F2N2. The minimum Gasteiger partial charge on any atom is -0.399 e. The van der Waals surface area contributed by atoms with Gasteiger partial charge in [-0.25, -0.2) is 13.8 Å². The molecule has 4 heteroatoms. The van der Waals surface area contributed by atoms with Crippen molar-refractivity contribution in [3.05, 3.63) is 72.3 Å². The zero-order valence-corrected chi connectivity index (χ0v) is 11.1. The number of pyridine rings is 1. The molecule has 0 saturated carbocycles. The summed E-state index contributed by atoms with van der Waals surface area (Å²) in [6, 6.07) is 15.7. The quantitative estimate of drug-likeness (QED) is 0.762. The van der Waals surface area contributed by atoms with Crippen LogP contribution in [-0.2, 0) is 0 Å². The zero-order chi connectivity index (χ0) is 14.8. The zero-order valence-electron chi connectivity index (χ0n) is 11.1. The van der Waals surface area contributed by atoms with E-state index in [2.05, 4.69) is 4.98 Å². The van der Waals surface area contributed by atoms with Crippen LogP contribution in [0.1, 0.15) is 0 Å². The maximum atomic E-state index is 13.9. The van der Waals surface area contributed by atoms with Gasteiger partial charge in [0.1, 0.15) is 11.6 Å². The highest BCUT2D eigenvalue weighted by Gasteiger charge is 2.11. The van der Waals surface area contributed by atoms with Gasteiger partial charge < -0.3 is 5.73 Å². The van der Waals surface area contributed by atoms with Crippen LogP contribution in [0.2, 0.25) is 0 Å². The van der Waals surface area contributed by atoms with Gasteiger partial charge in [0.05, 0.1) is 11.4 Å². The molecule has 0 bridgehead atoms. The van der Waals surface area contributed by atoms with Crippen molar-refractivity contribution in [2.45, 2.75) is 0 Å². The van der Waals surface area contributed by atoms with E-state index >= 15 is 0 Å². The summed E-state index contributed by atoms with van der Waals surface area (Å²) in [5, 5.41) is 0. The van der Waals surface area contributed by atoms with E-state index in [9.17, 15) is 8.78 Å². The highest BCUT2D eigenvalue weighted by Crippen LogP contribution is 2.28. The molecule has 1 heterocycles. The van der Waals surface area contributed by atoms with E-state index in [0.29, 0.717) is 28.2 Å². The monoisotopic (exact) mass is 282 g/mol. The van der Waals surface area contributed by atoms with Crippen LogP contribution >= 0.6 is 0 Å². The van der Waals surface area contributed by atoms with Gasteiger partial charge in [-0.05, 0) is 36.4 Å². The number of nitrogens with zero attached hydrogens (tertiary/aromatic N) is 1. The van der Waals surface area contributed by atoms with Gasteiger partial charge in [-0.1, -0.05) is 24.3 Å². The van der Waals surface area contributed by atoms with Gasteiger partial charge >= 0.3 is 0 Å². The van der Waals surface area contributed by atoms with Crippen LogP contribution in [0, 0.1) is 11.6 Å². The molecule has 0 aliphatic rings. The lowest BCUT2D eigenvalue weighted by Crippen LogP contribution is -1.96. The van der Waals surface area contributed by atoms with Crippen molar-refractivity contribution in [3.63, 3.8) is 0 Å².